The van der Waals surface area contributed by atoms with E-state index in [1.165, 1.54) is 124 Å². The van der Waals surface area contributed by atoms with Crippen molar-refractivity contribution in [2.75, 3.05) is 10.6 Å². The number of nitrogens with one attached hydrogen (secondary N) is 2. The lowest BCUT2D eigenvalue weighted by atomic mass is 9.94. The summed E-state index contributed by atoms with van der Waals surface area (Å²) in [6.07, 6.45) is 22.4. The summed E-state index contributed by atoms with van der Waals surface area (Å²) in [5, 5.41) is 10.3. The number of aryl methyl sites for hydroxylation is 1. The maximum absolute atomic E-state index is 3.84. The summed E-state index contributed by atoms with van der Waals surface area (Å²) < 4.78 is 0. The van der Waals surface area contributed by atoms with Crippen molar-refractivity contribution in [3.63, 3.8) is 0 Å². The van der Waals surface area contributed by atoms with E-state index in [0.29, 0.717) is 0 Å². The van der Waals surface area contributed by atoms with Crippen LogP contribution in [0.4, 0.5) is 11.4 Å². The van der Waals surface area contributed by atoms with Gasteiger partial charge in [-0.05, 0) is 43.7 Å². The summed E-state index contributed by atoms with van der Waals surface area (Å²) >= 11 is 0. The van der Waals surface area contributed by atoms with E-state index in [-0.39, 0.29) is 5.66 Å². The molecule has 0 radical (unpaired) electrons. The molecule has 1 aliphatic heterocycles. The van der Waals surface area contributed by atoms with Crippen molar-refractivity contribution in [1.29, 1.82) is 0 Å². The minimum atomic E-state index is -0.0517. The van der Waals surface area contributed by atoms with Gasteiger partial charge in [-0.1, -0.05) is 121 Å². The molecule has 0 fully saturated rings. The van der Waals surface area contributed by atoms with Crippen molar-refractivity contribution in [2.45, 2.75) is 129 Å². The normalized spacial score (nSPS) is 17.3. The average molecular weight is 437 g/mol. The van der Waals surface area contributed by atoms with Crippen LogP contribution >= 0.6 is 0 Å². The molecular formula is C30H48N2. The molecule has 0 aromatic heterocycles. The van der Waals surface area contributed by atoms with E-state index in [9.17, 15) is 0 Å². The van der Waals surface area contributed by atoms with Gasteiger partial charge in [-0.3, -0.25) is 0 Å². The third-order valence-corrected chi connectivity index (χ3v) is 7.35. The molecule has 1 aliphatic rings. The Labute approximate surface area is 198 Å². The zero-order valence-electron chi connectivity index (χ0n) is 21.2. The maximum Gasteiger partial charge on any atom is 0.105 e. The molecule has 0 saturated heterocycles. The second-order valence-electron chi connectivity index (χ2n) is 10.4. The van der Waals surface area contributed by atoms with Gasteiger partial charge in [0.15, 0.2) is 0 Å². The molecule has 178 valence electrons. The fourth-order valence-corrected chi connectivity index (χ4v) is 5.33. The van der Waals surface area contributed by atoms with Crippen molar-refractivity contribution >= 4 is 22.1 Å². The van der Waals surface area contributed by atoms with Gasteiger partial charge < -0.3 is 10.6 Å². The van der Waals surface area contributed by atoms with E-state index in [4.69, 9.17) is 0 Å². The quantitative estimate of drug-likeness (QED) is 0.256. The van der Waals surface area contributed by atoms with E-state index in [1.54, 1.807) is 0 Å². The van der Waals surface area contributed by atoms with Crippen LogP contribution in [-0.2, 0) is 0 Å². The number of hydrogen-bond acceptors (Lipinski definition) is 2. The first-order chi connectivity index (χ1) is 15.6. The van der Waals surface area contributed by atoms with E-state index < -0.39 is 0 Å². The van der Waals surface area contributed by atoms with Crippen molar-refractivity contribution < 1.29 is 0 Å². The van der Waals surface area contributed by atoms with Crippen LogP contribution in [0.15, 0.2) is 30.3 Å². The first kappa shape index (κ1) is 24.9. The number of hydrogen-bond donors (Lipinski definition) is 2. The fraction of sp³-hybridized carbons (Fsp3) is 0.667. The van der Waals surface area contributed by atoms with Gasteiger partial charge in [-0.2, -0.15) is 0 Å². The molecule has 1 atom stereocenters. The number of rotatable bonds is 16. The summed E-state index contributed by atoms with van der Waals surface area (Å²) in [6, 6.07) is 11.1. The average Bonchev–Trinajstić information content (AvgIpc) is 2.78. The van der Waals surface area contributed by atoms with Crippen LogP contribution in [0.3, 0.4) is 0 Å². The Kier molecular flexibility index (Phi) is 10.2. The molecule has 0 amide bonds. The molecule has 32 heavy (non-hydrogen) atoms. The van der Waals surface area contributed by atoms with Gasteiger partial charge in [0.1, 0.15) is 5.66 Å². The van der Waals surface area contributed by atoms with Gasteiger partial charge in [-0.15, -0.1) is 0 Å². The third-order valence-electron chi connectivity index (χ3n) is 7.35. The molecule has 0 bridgehead atoms. The molecule has 0 saturated carbocycles. The Bertz CT molecular complexity index is 812. The molecule has 3 rings (SSSR count). The summed E-state index contributed by atoms with van der Waals surface area (Å²) in [7, 11) is 0. The highest BCUT2D eigenvalue weighted by Crippen LogP contribution is 2.40. The van der Waals surface area contributed by atoms with Gasteiger partial charge in [0, 0.05) is 16.8 Å². The van der Waals surface area contributed by atoms with E-state index >= 15 is 0 Å². The van der Waals surface area contributed by atoms with Gasteiger partial charge in [0.2, 0.25) is 0 Å². The predicted molar refractivity (Wildman–Crippen MR) is 144 cm³/mol. The van der Waals surface area contributed by atoms with Crippen molar-refractivity contribution in [1.82, 2.24) is 0 Å². The lowest BCUT2D eigenvalue weighted by molar-refractivity contribution is 0.477. The van der Waals surface area contributed by atoms with Gasteiger partial charge >= 0.3 is 0 Å². The van der Waals surface area contributed by atoms with Crippen molar-refractivity contribution in [3.05, 3.63) is 35.9 Å². The Hall–Kier alpha value is -1.70. The molecule has 0 spiro atoms. The Morgan fingerprint density at radius 2 is 1.22 bits per heavy atom. The van der Waals surface area contributed by atoms with Crippen LogP contribution < -0.4 is 10.6 Å². The lowest BCUT2D eigenvalue weighted by Gasteiger charge is -2.39. The van der Waals surface area contributed by atoms with E-state index in [2.05, 4.69) is 61.7 Å². The first-order valence-electron chi connectivity index (χ1n) is 13.7. The second kappa shape index (κ2) is 13.1. The Morgan fingerprint density at radius 3 is 1.81 bits per heavy atom. The monoisotopic (exact) mass is 436 g/mol. The largest absolute Gasteiger partial charge is 0.363 e. The highest BCUT2D eigenvalue weighted by molar-refractivity contribution is 6.06. The molecule has 2 N–H and O–H groups in total. The lowest BCUT2D eigenvalue weighted by Crippen LogP contribution is -2.45. The topological polar surface area (TPSA) is 24.1 Å². The van der Waals surface area contributed by atoms with Crippen LogP contribution in [0, 0.1) is 6.92 Å². The highest BCUT2D eigenvalue weighted by Gasteiger charge is 2.29. The molecule has 2 aromatic rings. The van der Waals surface area contributed by atoms with Gasteiger partial charge in [-0.25, -0.2) is 0 Å². The minimum Gasteiger partial charge on any atom is -0.363 e. The summed E-state index contributed by atoms with van der Waals surface area (Å²) in [6.45, 7) is 6.84. The molecule has 1 unspecified atom stereocenters. The number of anilines is 2. The Morgan fingerprint density at radius 1 is 0.656 bits per heavy atom. The zero-order chi connectivity index (χ0) is 22.7. The number of unbranched alkanes of at least 4 members (excludes halogenated alkanes) is 14. The third kappa shape index (κ3) is 7.42. The first-order valence-corrected chi connectivity index (χ1v) is 13.7. The minimum absolute atomic E-state index is 0.0517. The summed E-state index contributed by atoms with van der Waals surface area (Å²) in [5.74, 6) is 0. The standard InChI is InChI=1S/C30H48N2/c1-4-5-6-7-8-9-10-11-12-13-14-15-16-17-18-24-30(3)31-27-21-19-20-26-23-22-25(2)29(32-30)28(26)27/h19-23,31-32H,4-18,24H2,1-3H3. The van der Waals surface area contributed by atoms with Crippen LogP contribution in [-0.4, -0.2) is 5.66 Å². The van der Waals surface area contributed by atoms with Crippen molar-refractivity contribution in [2.24, 2.45) is 0 Å². The van der Waals surface area contributed by atoms with Crippen LogP contribution in [0.25, 0.3) is 10.8 Å². The molecular weight excluding hydrogens is 388 g/mol. The molecule has 0 aliphatic carbocycles. The highest BCUT2D eigenvalue weighted by atomic mass is 15.2. The van der Waals surface area contributed by atoms with Crippen LogP contribution in [0.2, 0.25) is 0 Å². The van der Waals surface area contributed by atoms with E-state index in [0.717, 1.165) is 6.42 Å². The number of benzene rings is 2. The summed E-state index contributed by atoms with van der Waals surface area (Å²) in [5.41, 5.74) is 3.89. The molecule has 2 heteroatoms. The molecule has 1 heterocycles. The van der Waals surface area contributed by atoms with Gasteiger partial charge in [0.05, 0.1) is 0 Å². The predicted octanol–water partition coefficient (Wildman–Crippen LogP) is 9.96. The van der Waals surface area contributed by atoms with Gasteiger partial charge in [0.25, 0.3) is 0 Å². The molecule has 2 aromatic carbocycles. The Balaban J connectivity index is 1.24. The summed E-state index contributed by atoms with van der Waals surface area (Å²) in [4.78, 5) is 0. The van der Waals surface area contributed by atoms with E-state index in [1.807, 2.05) is 0 Å². The molecule has 2 nitrogen and oxygen atoms in total. The van der Waals surface area contributed by atoms with Crippen molar-refractivity contribution in [3.8, 4) is 0 Å². The fourth-order valence-electron chi connectivity index (χ4n) is 5.33. The second-order valence-corrected chi connectivity index (χ2v) is 10.4. The smallest absolute Gasteiger partial charge is 0.105 e. The zero-order valence-corrected chi connectivity index (χ0v) is 21.2. The SMILES string of the molecule is CCCCCCCCCCCCCCCCCC1(C)Nc2cccc3ccc(C)c(c23)N1. The van der Waals surface area contributed by atoms with Crippen LogP contribution in [0.1, 0.15) is 122 Å². The maximum atomic E-state index is 3.84. The van der Waals surface area contributed by atoms with Crippen LogP contribution in [0.5, 0.6) is 0 Å².